The summed E-state index contributed by atoms with van der Waals surface area (Å²) >= 11 is 0. The molecule has 2 N–H and O–H groups in total. The van der Waals surface area contributed by atoms with Crippen LogP contribution in [0.5, 0.6) is 0 Å². The first kappa shape index (κ1) is 7.94. The maximum Gasteiger partial charge on any atom is 0.0971 e. The Kier molecular flexibility index (Phi) is 3.08. The van der Waals surface area contributed by atoms with Gasteiger partial charge in [0, 0.05) is 0 Å². The highest BCUT2D eigenvalue weighted by Crippen LogP contribution is 2.04. The lowest BCUT2D eigenvalue weighted by molar-refractivity contribution is -0.00159. The predicted molar refractivity (Wildman–Crippen MR) is 35.4 cm³/mol. The van der Waals surface area contributed by atoms with Crippen molar-refractivity contribution in [3.05, 3.63) is 0 Å². The molecule has 1 rings (SSSR count). The van der Waals surface area contributed by atoms with Gasteiger partial charge in [-0.1, -0.05) is 0 Å². The van der Waals surface area contributed by atoms with Gasteiger partial charge in [-0.05, 0) is 6.92 Å². The van der Waals surface area contributed by atoms with Crippen LogP contribution in [0.15, 0.2) is 0 Å². The second-order valence-corrected chi connectivity index (χ2v) is 2.26. The molecule has 2 unspecified atom stereocenters. The fraction of sp³-hybridized carbons (Fsp3) is 1.00. The third-order valence-electron chi connectivity index (χ3n) is 1.43. The zero-order valence-corrected chi connectivity index (χ0v) is 6.04. The molecule has 2 atom stereocenters. The molecule has 0 bridgehead atoms. The third kappa shape index (κ3) is 1.91. The van der Waals surface area contributed by atoms with Gasteiger partial charge in [0.15, 0.2) is 0 Å². The van der Waals surface area contributed by atoms with Crippen LogP contribution in [0.3, 0.4) is 0 Å². The summed E-state index contributed by atoms with van der Waals surface area (Å²) in [6.07, 6.45) is -0.424. The van der Waals surface area contributed by atoms with Crippen molar-refractivity contribution in [2.45, 2.75) is 19.1 Å². The van der Waals surface area contributed by atoms with Crippen molar-refractivity contribution in [3.63, 3.8) is 0 Å². The lowest BCUT2D eigenvalue weighted by Crippen LogP contribution is -2.38. The van der Waals surface area contributed by atoms with Gasteiger partial charge in [0.1, 0.15) is 0 Å². The fourth-order valence-electron chi connectivity index (χ4n) is 0.846. The number of hydroxylamine groups is 1. The highest BCUT2D eigenvalue weighted by Gasteiger charge is 2.25. The van der Waals surface area contributed by atoms with Crippen LogP contribution in [0.25, 0.3) is 0 Å². The molecule has 60 valence electrons. The standard InChI is InChI=1S/C6H13NO3/c1-2-10-7-5-3-9-4-6(5)8/h5-8H,2-4H2,1H3. The Balaban J connectivity index is 2.14. The summed E-state index contributed by atoms with van der Waals surface area (Å²) in [5.41, 5.74) is 2.71. The molecule has 4 heteroatoms. The number of nitrogens with one attached hydrogen (secondary N) is 1. The Morgan fingerprint density at radius 1 is 1.70 bits per heavy atom. The van der Waals surface area contributed by atoms with E-state index in [0.29, 0.717) is 19.8 Å². The van der Waals surface area contributed by atoms with E-state index in [2.05, 4.69) is 5.48 Å². The Bertz CT molecular complexity index is 99.0. The molecule has 1 aliphatic heterocycles. The SMILES string of the molecule is CCONC1COCC1O. The van der Waals surface area contributed by atoms with E-state index in [0.717, 1.165) is 0 Å². The van der Waals surface area contributed by atoms with Crippen LogP contribution >= 0.6 is 0 Å². The number of aliphatic hydroxyl groups is 1. The van der Waals surface area contributed by atoms with Crippen molar-refractivity contribution >= 4 is 0 Å². The summed E-state index contributed by atoms with van der Waals surface area (Å²) in [5.74, 6) is 0. The van der Waals surface area contributed by atoms with Gasteiger partial charge >= 0.3 is 0 Å². The fourth-order valence-corrected chi connectivity index (χ4v) is 0.846. The van der Waals surface area contributed by atoms with Gasteiger partial charge < -0.3 is 14.7 Å². The molecule has 0 saturated carbocycles. The van der Waals surface area contributed by atoms with Gasteiger partial charge in [0.2, 0.25) is 0 Å². The van der Waals surface area contributed by atoms with Crippen LogP contribution in [0, 0.1) is 0 Å². The molecule has 0 aromatic heterocycles. The van der Waals surface area contributed by atoms with Gasteiger partial charge in [0.25, 0.3) is 0 Å². The second kappa shape index (κ2) is 3.88. The summed E-state index contributed by atoms with van der Waals surface area (Å²) in [6, 6.07) is -0.0556. The van der Waals surface area contributed by atoms with E-state index in [1.54, 1.807) is 0 Å². The molecular formula is C6H13NO3. The highest BCUT2D eigenvalue weighted by atomic mass is 16.6. The van der Waals surface area contributed by atoms with Gasteiger partial charge in [-0.2, -0.15) is 5.48 Å². The average Bonchev–Trinajstić information content (AvgIpc) is 2.31. The Hall–Kier alpha value is -0.160. The van der Waals surface area contributed by atoms with E-state index in [4.69, 9.17) is 14.7 Å². The molecule has 10 heavy (non-hydrogen) atoms. The van der Waals surface area contributed by atoms with Crippen molar-refractivity contribution in [1.29, 1.82) is 0 Å². The van der Waals surface area contributed by atoms with Crippen LogP contribution in [-0.4, -0.2) is 37.1 Å². The molecule has 0 spiro atoms. The minimum atomic E-state index is -0.424. The van der Waals surface area contributed by atoms with Crippen LogP contribution in [-0.2, 0) is 9.57 Å². The summed E-state index contributed by atoms with van der Waals surface area (Å²) in [4.78, 5) is 4.90. The number of ether oxygens (including phenoxy) is 1. The van der Waals surface area contributed by atoms with Crippen molar-refractivity contribution in [2.24, 2.45) is 0 Å². The average molecular weight is 147 g/mol. The van der Waals surface area contributed by atoms with Crippen LogP contribution < -0.4 is 5.48 Å². The molecule has 1 heterocycles. The van der Waals surface area contributed by atoms with Gasteiger partial charge in [-0.15, -0.1) is 0 Å². The number of hydrogen-bond acceptors (Lipinski definition) is 4. The number of aliphatic hydroxyl groups excluding tert-OH is 1. The Morgan fingerprint density at radius 3 is 3.00 bits per heavy atom. The van der Waals surface area contributed by atoms with Gasteiger partial charge in [-0.25, -0.2) is 0 Å². The summed E-state index contributed by atoms with van der Waals surface area (Å²) in [6.45, 7) is 3.42. The van der Waals surface area contributed by atoms with Crippen molar-refractivity contribution < 1.29 is 14.7 Å². The molecular weight excluding hydrogens is 134 g/mol. The van der Waals surface area contributed by atoms with E-state index >= 15 is 0 Å². The molecule has 0 radical (unpaired) electrons. The minimum absolute atomic E-state index is 0.0556. The monoisotopic (exact) mass is 147 g/mol. The van der Waals surface area contributed by atoms with E-state index < -0.39 is 6.10 Å². The quantitative estimate of drug-likeness (QED) is 0.518. The largest absolute Gasteiger partial charge is 0.389 e. The minimum Gasteiger partial charge on any atom is -0.389 e. The predicted octanol–water partition coefficient (Wildman–Crippen LogP) is -0.713. The number of hydrogen-bond donors (Lipinski definition) is 2. The van der Waals surface area contributed by atoms with Crippen LogP contribution in [0.2, 0.25) is 0 Å². The molecule has 4 nitrogen and oxygen atoms in total. The second-order valence-electron chi connectivity index (χ2n) is 2.26. The Labute approximate surface area is 60.1 Å². The summed E-state index contributed by atoms with van der Waals surface area (Å²) in [7, 11) is 0. The maximum absolute atomic E-state index is 9.15. The molecule has 0 aromatic rings. The molecule has 1 fully saturated rings. The normalized spacial score (nSPS) is 33.0. The summed E-state index contributed by atoms with van der Waals surface area (Å²) < 4.78 is 4.97. The smallest absolute Gasteiger partial charge is 0.0971 e. The van der Waals surface area contributed by atoms with Gasteiger partial charge in [0.05, 0.1) is 32.0 Å². The van der Waals surface area contributed by atoms with E-state index in [1.165, 1.54) is 0 Å². The van der Waals surface area contributed by atoms with Crippen LogP contribution in [0.4, 0.5) is 0 Å². The molecule has 1 aliphatic rings. The van der Waals surface area contributed by atoms with Crippen molar-refractivity contribution in [3.8, 4) is 0 Å². The molecule has 0 amide bonds. The topological polar surface area (TPSA) is 50.7 Å². The summed E-state index contributed by atoms with van der Waals surface area (Å²) in [5, 5.41) is 9.15. The van der Waals surface area contributed by atoms with Crippen molar-refractivity contribution in [2.75, 3.05) is 19.8 Å². The van der Waals surface area contributed by atoms with Crippen molar-refractivity contribution in [1.82, 2.24) is 5.48 Å². The van der Waals surface area contributed by atoms with E-state index in [9.17, 15) is 0 Å². The molecule has 0 aromatic carbocycles. The van der Waals surface area contributed by atoms with Gasteiger partial charge in [-0.3, -0.25) is 0 Å². The number of rotatable bonds is 3. The third-order valence-corrected chi connectivity index (χ3v) is 1.43. The molecule has 1 saturated heterocycles. The van der Waals surface area contributed by atoms with E-state index in [-0.39, 0.29) is 6.04 Å². The maximum atomic E-state index is 9.15. The highest BCUT2D eigenvalue weighted by molar-refractivity contribution is 4.77. The van der Waals surface area contributed by atoms with Crippen LogP contribution in [0.1, 0.15) is 6.92 Å². The first-order valence-electron chi connectivity index (χ1n) is 3.47. The molecule has 0 aliphatic carbocycles. The Morgan fingerprint density at radius 2 is 2.50 bits per heavy atom. The zero-order chi connectivity index (χ0) is 7.40. The lowest BCUT2D eigenvalue weighted by atomic mass is 10.2. The zero-order valence-electron chi connectivity index (χ0n) is 6.04. The first-order chi connectivity index (χ1) is 4.84. The first-order valence-corrected chi connectivity index (χ1v) is 3.47. The van der Waals surface area contributed by atoms with E-state index in [1.807, 2.05) is 6.92 Å². The lowest BCUT2D eigenvalue weighted by Gasteiger charge is -2.12.